The van der Waals surface area contributed by atoms with E-state index in [4.69, 9.17) is 15.7 Å². The highest BCUT2D eigenvalue weighted by molar-refractivity contribution is 5.99. The quantitative estimate of drug-likeness (QED) is 0.385. The Labute approximate surface area is 109 Å². The maximum absolute atomic E-state index is 13.8. The number of rotatable bonds is 3. The van der Waals surface area contributed by atoms with Gasteiger partial charge in [-0.15, -0.1) is 0 Å². The van der Waals surface area contributed by atoms with Crippen molar-refractivity contribution in [2.45, 2.75) is 6.92 Å². The maximum atomic E-state index is 13.8. The number of nitrogens with two attached hydrogens (primary N) is 1. The highest BCUT2D eigenvalue weighted by Crippen LogP contribution is 2.27. The average Bonchev–Trinajstić information content (AvgIpc) is 2.43. The number of amidine groups is 1. The molecule has 1 aromatic carbocycles. The molecule has 0 radical (unpaired) electrons. The molecular formula is C13H12FN3O2. The molecule has 19 heavy (non-hydrogen) atoms. The third-order valence-electron chi connectivity index (χ3n) is 2.54. The van der Waals surface area contributed by atoms with Crippen LogP contribution in [0, 0.1) is 12.7 Å². The molecule has 2 aromatic rings. The van der Waals surface area contributed by atoms with Crippen LogP contribution in [-0.4, -0.2) is 16.0 Å². The summed E-state index contributed by atoms with van der Waals surface area (Å²) < 4.78 is 19.3. The average molecular weight is 261 g/mol. The minimum Gasteiger partial charge on any atom is -0.452 e. The van der Waals surface area contributed by atoms with E-state index in [9.17, 15) is 4.39 Å². The number of benzene rings is 1. The predicted octanol–water partition coefficient (Wildman–Crippen LogP) is 2.42. The number of pyridine rings is 1. The molecule has 5 nitrogen and oxygen atoms in total. The van der Waals surface area contributed by atoms with Crippen molar-refractivity contribution >= 4 is 5.84 Å². The molecule has 0 fully saturated rings. The Hall–Kier alpha value is -2.63. The van der Waals surface area contributed by atoms with Crippen LogP contribution in [-0.2, 0) is 0 Å². The monoisotopic (exact) mass is 261 g/mol. The van der Waals surface area contributed by atoms with Crippen molar-refractivity contribution in [3.05, 3.63) is 53.6 Å². The van der Waals surface area contributed by atoms with Gasteiger partial charge in [-0.2, -0.15) is 0 Å². The molecule has 0 aliphatic carbocycles. The number of aryl methyl sites for hydroxylation is 1. The fourth-order valence-electron chi connectivity index (χ4n) is 1.54. The third-order valence-corrected chi connectivity index (χ3v) is 2.54. The second-order valence-electron chi connectivity index (χ2n) is 3.85. The summed E-state index contributed by atoms with van der Waals surface area (Å²) in [5, 5.41) is 11.6. The second kappa shape index (κ2) is 5.34. The first-order valence-electron chi connectivity index (χ1n) is 5.48. The summed E-state index contributed by atoms with van der Waals surface area (Å²) in [7, 11) is 0. The number of ether oxygens (including phenoxy) is 1. The SMILES string of the molecule is Cc1cccc(Oc2cnccc2/C(N)=N/O)c1F. The summed E-state index contributed by atoms with van der Waals surface area (Å²) in [5.74, 6) is -0.329. The van der Waals surface area contributed by atoms with E-state index in [1.165, 1.54) is 24.5 Å². The van der Waals surface area contributed by atoms with Gasteiger partial charge < -0.3 is 15.7 Å². The summed E-state index contributed by atoms with van der Waals surface area (Å²) in [6.45, 7) is 1.63. The Morgan fingerprint density at radius 3 is 2.89 bits per heavy atom. The van der Waals surface area contributed by atoms with Gasteiger partial charge in [-0.25, -0.2) is 4.39 Å². The molecule has 0 atom stereocenters. The molecule has 1 heterocycles. The first-order valence-corrected chi connectivity index (χ1v) is 5.48. The van der Waals surface area contributed by atoms with E-state index in [1.807, 2.05) is 0 Å². The van der Waals surface area contributed by atoms with Gasteiger partial charge in [-0.05, 0) is 24.6 Å². The number of nitrogens with zero attached hydrogens (tertiary/aromatic N) is 2. The highest BCUT2D eigenvalue weighted by Gasteiger charge is 2.12. The standard InChI is InChI=1S/C13H12FN3O2/c1-8-3-2-4-10(12(8)14)19-11-7-16-6-5-9(11)13(15)17-18/h2-7,18H,1H3,(H2,15,17). The molecular weight excluding hydrogens is 249 g/mol. The van der Waals surface area contributed by atoms with Crippen molar-refractivity contribution in [3.8, 4) is 11.5 Å². The fraction of sp³-hybridized carbons (Fsp3) is 0.0769. The van der Waals surface area contributed by atoms with Crippen LogP contribution in [0.4, 0.5) is 4.39 Å². The summed E-state index contributed by atoms with van der Waals surface area (Å²) in [6.07, 6.45) is 2.84. The summed E-state index contributed by atoms with van der Waals surface area (Å²) in [5.41, 5.74) is 6.31. The zero-order valence-electron chi connectivity index (χ0n) is 10.2. The third kappa shape index (κ3) is 2.62. The molecule has 0 spiro atoms. The van der Waals surface area contributed by atoms with Gasteiger partial charge in [0.15, 0.2) is 23.2 Å². The fourth-order valence-corrected chi connectivity index (χ4v) is 1.54. The zero-order valence-corrected chi connectivity index (χ0v) is 10.2. The number of oxime groups is 1. The predicted molar refractivity (Wildman–Crippen MR) is 68.0 cm³/mol. The van der Waals surface area contributed by atoms with Crippen LogP contribution in [0.3, 0.4) is 0 Å². The summed E-state index contributed by atoms with van der Waals surface area (Å²) in [6, 6.07) is 6.31. The zero-order chi connectivity index (χ0) is 13.8. The minimum atomic E-state index is -0.461. The first kappa shape index (κ1) is 12.8. The number of aromatic nitrogens is 1. The maximum Gasteiger partial charge on any atom is 0.173 e. The normalized spacial score (nSPS) is 11.4. The summed E-state index contributed by atoms with van der Waals surface area (Å²) in [4.78, 5) is 3.87. The second-order valence-corrected chi connectivity index (χ2v) is 3.85. The lowest BCUT2D eigenvalue weighted by Gasteiger charge is -2.10. The molecule has 0 amide bonds. The summed E-state index contributed by atoms with van der Waals surface area (Å²) >= 11 is 0. The van der Waals surface area contributed by atoms with Crippen molar-refractivity contribution in [2.75, 3.05) is 0 Å². The van der Waals surface area contributed by atoms with Gasteiger partial charge in [-0.3, -0.25) is 4.98 Å². The van der Waals surface area contributed by atoms with E-state index < -0.39 is 5.82 Å². The van der Waals surface area contributed by atoms with E-state index in [1.54, 1.807) is 19.1 Å². The molecule has 6 heteroatoms. The van der Waals surface area contributed by atoms with E-state index in [0.29, 0.717) is 11.1 Å². The molecule has 0 bridgehead atoms. The van der Waals surface area contributed by atoms with Crippen LogP contribution < -0.4 is 10.5 Å². The number of hydrogen-bond acceptors (Lipinski definition) is 4. The number of hydrogen-bond donors (Lipinski definition) is 2. The molecule has 1 aromatic heterocycles. The van der Waals surface area contributed by atoms with Crippen molar-refractivity contribution in [2.24, 2.45) is 10.9 Å². The van der Waals surface area contributed by atoms with Crippen LogP contribution in [0.5, 0.6) is 11.5 Å². The Morgan fingerprint density at radius 2 is 2.16 bits per heavy atom. The van der Waals surface area contributed by atoms with E-state index in [2.05, 4.69) is 10.1 Å². The Bertz CT molecular complexity index is 629. The lowest BCUT2D eigenvalue weighted by molar-refractivity contribution is 0.318. The molecule has 0 saturated heterocycles. The molecule has 0 saturated carbocycles. The van der Waals surface area contributed by atoms with Crippen molar-refractivity contribution < 1.29 is 14.3 Å². The van der Waals surface area contributed by atoms with Crippen LogP contribution >= 0.6 is 0 Å². The van der Waals surface area contributed by atoms with E-state index >= 15 is 0 Å². The lowest BCUT2D eigenvalue weighted by atomic mass is 10.2. The topological polar surface area (TPSA) is 80.7 Å². The van der Waals surface area contributed by atoms with Gasteiger partial charge in [0.25, 0.3) is 0 Å². The van der Waals surface area contributed by atoms with Crippen molar-refractivity contribution in [1.29, 1.82) is 0 Å². The largest absolute Gasteiger partial charge is 0.452 e. The molecule has 3 N–H and O–H groups in total. The Balaban J connectivity index is 2.42. The van der Waals surface area contributed by atoms with Gasteiger partial charge in [0.05, 0.1) is 11.8 Å². The van der Waals surface area contributed by atoms with Gasteiger partial charge in [0.2, 0.25) is 0 Å². The molecule has 2 rings (SSSR count). The van der Waals surface area contributed by atoms with Gasteiger partial charge in [-0.1, -0.05) is 17.3 Å². The van der Waals surface area contributed by atoms with Crippen LogP contribution in [0.2, 0.25) is 0 Å². The molecule has 0 aliphatic rings. The first-order chi connectivity index (χ1) is 9.13. The molecule has 0 unspecified atom stereocenters. The highest BCUT2D eigenvalue weighted by atomic mass is 19.1. The molecule has 0 aliphatic heterocycles. The van der Waals surface area contributed by atoms with E-state index in [0.717, 1.165) is 0 Å². The van der Waals surface area contributed by atoms with Crippen molar-refractivity contribution in [3.63, 3.8) is 0 Å². The van der Waals surface area contributed by atoms with Gasteiger partial charge in [0, 0.05) is 6.20 Å². The van der Waals surface area contributed by atoms with Gasteiger partial charge in [0.1, 0.15) is 0 Å². The van der Waals surface area contributed by atoms with Crippen LogP contribution in [0.1, 0.15) is 11.1 Å². The molecule has 98 valence electrons. The van der Waals surface area contributed by atoms with Crippen LogP contribution in [0.15, 0.2) is 41.8 Å². The van der Waals surface area contributed by atoms with Crippen molar-refractivity contribution in [1.82, 2.24) is 4.98 Å². The lowest BCUT2D eigenvalue weighted by Crippen LogP contribution is -2.14. The Kier molecular flexibility index (Phi) is 3.61. The van der Waals surface area contributed by atoms with Crippen LogP contribution in [0.25, 0.3) is 0 Å². The minimum absolute atomic E-state index is 0.0555. The Morgan fingerprint density at radius 1 is 1.37 bits per heavy atom. The smallest absolute Gasteiger partial charge is 0.173 e. The van der Waals surface area contributed by atoms with E-state index in [-0.39, 0.29) is 17.3 Å². The van der Waals surface area contributed by atoms with Gasteiger partial charge >= 0.3 is 0 Å². The number of halogens is 1.